The number of phenolic OH excluding ortho intramolecular Hbond substituents is 1. The van der Waals surface area contributed by atoms with Crippen LogP contribution in [0.15, 0.2) is 24.3 Å². The molecule has 0 saturated carbocycles. The standard InChI is InChI=1S/C21H33N3O5/c1-7-8-14(2)23-19(27)18(15-9-11-16(25)12-10-15)24(6)17(26)13-22-20(28)29-21(3,4)5/h9-12,14,18,25H,7-8,13H2,1-6H3,(H,22,28)(H,23,27). The number of ether oxygens (including phenoxy) is 1. The number of amides is 3. The van der Waals surface area contributed by atoms with Crippen LogP contribution in [0.2, 0.25) is 0 Å². The van der Waals surface area contributed by atoms with Crippen molar-refractivity contribution in [3.05, 3.63) is 29.8 Å². The summed E-state index contributed by atoms with van der Waals surface area (Å²) >= 11 is 0. The molecule has 0 saturated heterocycles. The molecule has 2 unspecified atom stereocenters. The van der Waals surface area contributed by atoms with Gasteiger partial charge in [-0.15, -0.1) is 0 Å². The van der Waals surface area contributed by atoms with Crippen LogP contribution in [0, 0.1) is 0 Å². The molecule has 1 aromatic rings. The van der Waals surface area contributed by atoms with Crippen molar-refractivity contribution in [3.63, 3.8) is 0 Å². The van der Waals surface area contributed by atoms with E-state index in [1.807, 2.05) is 13.8 Å². The Labute approximate surface area is 172 Å². The normalized spacial score (nSPS) is 13.2. The van der Waals surface area contributed by atoms with E-state index in [1.54, 1.807) is 32.9 Å². The number of phenols is 1. The molecular formula is C21H33N3O5. The van der Waals surface area contributed by atoms with Gasteiger partial charge in [-0.2, -0.15) is 0 Å². The molecule has 0 bridgehead atoms. The molecule has 3 amide bonds. The van der Waals surface area contributed by atoms with Gasteiger partial charge in [0.1, 0.15) is 23.9 Å². The maximum absolute atomic E-state index is 12.9. The molecule has 3 N–H and O–H groups in total. The van der Waals surface area contributed by atoms with Crippen molar-refractivity contribution in [1.29, 1.82) is 0 Å². The van der Waals surface area contributed by atoms with Crippen LogP contribution in [0.1, 0.15) is 59.1 Å². The van der Waals surface area contributed by atoms with Crippen LogP contribution in [-0.2, 0) is 14.3 Å². The van der Waals surface area contributed by atoms with Crippen LogP contribution in [0.5, 0.6) is 5.75 Å². The number of nitrogens with one attached hydrogen (secondary N) is 2. The fourth-order valence-electron chi connectivity index (χ4n) is 2.77. The van der Waals surface area contributed by atoms with E-state index in [4.69, 9.17) is 4.74 Å². The minimum Gasteiger partial charge on any atom is -0.508 e. The Kier molecular flexibility index (Phi) is 8.94. The number of likely N-dealkylation sites (N-methyl/N-ethyl adjacent to an activating group) is 1. The third kappa shape index (κ3) is 8.41. The Bertz CT molecular complexity index is 697. The maximum Gasteiger partial charge on any atom is 0.408 e. The lowest BCUT2D eigenvalue weighted by molar-refractivity contribution is -0.138. The number of rotatable bonds is 8. The molecule has 0 aliphatic heterocycles. The van der Waals surface area contributed by atoms with E-state index in [0.717, 1.165) is 12.8 Å². The van der Waals surface area contributed by atoms with Gasteiger partial charge >= 0.3 is 6.09 Å². The Morgan fingerprint density at radius 2 is 1.76 bits per heavy atom. The van der Waals surface area contributed by atoms with E-state index >= 15 is 0 Å². The molecule has 29 heavy (non-hydrogen) atoms. The summed E-state index contributed by atoms with van der Waals surface area (Å²) < 4.78 is 5.13. The topological polar surface area (TPSA) is 108 Å². The highest BCUT2D eigenvalue weighted by Crippen LogP contribution is 2.23. The van der Waals surface area contributed by atoms with Gasteiger partial charge in [-0.25, -0.2) is 4.79 Å². The molecule has 0 aliphatic carbocycles. The monoisotopic (exact) mass is 407 g/mol. The van der Waals surface area contributed by atoms with Crippen molar-refractivity contribution in [1.82, 2.24) is 15.5 Å². The highest BCUT2D eigenvalue weighted by molar-refractivity contribution is 5.90. The van der Waals surface area contributed by atoms with Crippen molar-refractivity contribution in [3.8, 4) is 5.75 Å². The van der Waals surface area contributed by atoms with Gasteiger partial charge in [-0.1, -0.05) is 25.5 Å². The zero-order valence-electron chi connectivity index (χ0n) is 18.1. The summed E-state index contributed by atoms with van der Waals surface area (Å²) in [5.74, 6) is -0.718. The summed E-state index contributed by atoms with van der Waals surface area (Å²) in [6, 6.07) is 5.16. The second kappa shape index (κ2) is 10.7. The Morgan fingerprint density at radius 3 is 2.28 bits per heavy atom. The fourth-order valence-corrected chi connectivity index (χ4v) is 2.77. The van der Waals surface area contributed by atoms with Crippen molar-refractivity contribution in [2.45, 2.75) is 65.1 Å². The van der Waals surface area contributed by atoms with Gasteiger partial charge in [0.2, 0.25) is 11.8 Å². The molecule has 0 aromatic heterocycles. The van der Waals surface area contributed by atoms with Crippen molar-refractivity contribution < 1.29 is 24.2 Å². The molecule has 8 heteroatoms. The predicted molar refractivity (Wildman–Crippen MR) is 110 cm³/mol. The zero-order chi connectivity index (χ0) is 22.2. The van der Waals surface area contributed by atoms with Crippen LogP contribution in [0.4, 0.5) is 4.79 Å². The quantitative estimate of drug-likeness (QED) is 0.614. The van der Waals surface area contributed by atoms with E-state index in [0.29, 0.717) is 5.56 Å². The number of benzene rings is 1. The van der Waals surface area contributed by atoms with Crippen LogP contribution in [-0.4, -0.2) is 53.1 Å². The minimum absolute atomic E-state index is 0.0458. The van der Waals surface area contributed by atoms with E-state index in [9.17, 15) is 19.5 Å². The van der Waals surface area contributed by atoms with Crippen molar-refractivity contribution in [2.75, 3.05) is 13.6 Å². The number of alkyl carbamates (subject to hydrolysis) is 1. The minimum atomic E-state index is -0.900. The zero-order valence-corrected chi connectivity index (χ0v) is 18.1. The summed E-state index contributed by atoms with van der Waals surface area (Å²) in [4.78, 5) is 38.6. The van der Waals surface area contributed by atoms with E-state index in [2.05, 4.69) is 10.6 Å². The van der Waals surface area contributed by atoms with Crippen molar-refractivity contribution in [2.24, 2.45) is 0 Å². The molecule has 2 atom stereocenters. The summed E-state index contributed by atoms with van der Waals surface area (Å²) in [7, 11) is 1.50. The molecule has 0 fully saturated rings. The van der Waals surface area contributed by atoms with E-state index in [-0.39, 0.29) is 24.2 Å². The lowest BCUT2D eigenvalue weighted by atomic mass is 10.0. The van der Waals surface area contributed by atoms with Gasteiger partial charge in [-0.3, -0.25) is 9.59 Å². The number of carbonyl (C=O) groups is 3. The molecule has 0 radical (unpaired) electrons. The van der Waals surface area contributed by atoms with Crippen LogP contribution < -0.4 is 10.6 Å². The molecule has 0 heterocycles. The first-order valence-electron chi connectivity index (χ1n) is 9.76. The van der Waals surface area contributed by atoms with Gasteiger partial charge in [0.15, 0.2) is 0 Å². The SMILES string of the molecule is CCCC(C)NC(=O)C(c1ccc(O)cc1)N(C)C(=O)CNC(=O)OC(C)(C)C. The largest absolute Gasteiger partial charge is 0.508 e. The second-order valence-corrected chi connectivity index (χ2v) is 8.05. The first-order valence-corrected chi connectivity index (χ1v) is 9.76. The average molecular weight is 408 g/mol. The van der Waals surface area contributed by atoms with Crippen LogP contribution in [0.25, 0.3) is 0 Å². The molecule has 0 spiro atoms. The van der Waals surface area contributed by atoms with Crippen LogP contribution >= 0.6 is 0 Å². The maximum atomic E-state index is 12.9. The summed E-state index contributed by atoms with van der Waals surface area (Å²) in [6.07, 6.45) is 1.02. The molecule has 162 valence electrons. The van der Waals surface area contributed by atoms with Crippen LogP contribution in [0.3, 0.4) is 0 Å². The molecule has 1 aromatic carbocycles. The third-order valence-corrected chi connectivity index (χ3v) is 4.13. The number of nitrogens with zero attached hydrogens (tertiary/aromatic N) is 1. The smallest absolute Gasteiger partial charge is 0.408 e. The molecule has 8 nitrogen and oxygen atoms in total. The molecular weight excluding hydrogens is 374 g/mol. The molecule has 1 rings (SSSR count). The third-order valence-electron chi connectivity index (χ3n) is 4.13. The lowest BCUT2D eigenvalue weighted by Crippen LogP contribution is -2.47. The fraction of sp³-hybridized carbons (Fsp3) is 0.571. The molecule has 0 aliphatic rings. The number of hydrogen-bond acceptors (Lipinski definition) is 5. The van der Waals surface area contributed by atoms with Gasteiger partial charge in [0.05, 0.1) is 0 Å². The Morgan fingerprint density at radius 1 is 1.17 bits per heavy atom. The first kappa shape index (κ1) is 24.3. The highest BCUT2D eigenvalue weighted by Gasteiger charge is 2.29. The van der Waals surface area contributed by atoms with Gasteiger partial charge in [0.25, 0.3) is 0 Å². The number of aromatic hydroxyl groups is 1. The first-order chi connectivity index (χ1) is 13.4. The summed E-state index contributed by atoms with van der Waals surface area (Å²) in [5, 5.41) is 14.9. The highest BCUT2D eigenvalue weighted by atomic mass is 16.6. The second-order valence-electron chi connectivity index (χ2n) is 8.05. The summed E-state index contributed by atoms with van der Waals surface area (Å²) in [6.45, 7) is 8.80. The van der Waals surface area contributed by atoms with Crippen molar-refractivity contribution >= 4 is 17.9 Å². The lowest BCUT2D eigenvalue weighted by Gasteiger charge is -2.29. The number of hydrogen-bond donors (Lipinski definition) is 3. The van der Waals surface area contributed by atoms with Gasteiger partial charge in [-0.05, 0) is 51.8 Å². The Hall–Kier alpha value is -2.77. The van der Waals surface area contributed by atoms with Gasteiger partial charge < -0.3 is 25.4 Å². The van der Waals surface area contributed by atoms with E-state index in [1.165, 1.54) is 24.1 Å². The summed E-state index contributed by atoms with van der Waals surface area (Å²) in [5.41, 5.74) is -0.125. The average Bonchev–Trinajstić information content (AvgIpc) is 2.60. The number of carbonyl (C=O) groups excluding carboxylic acids is 3. The van der Waals surface area contributed by atoms with Gasteiger partial charge in [0, 0.05) is 13.1 Å². The van der Waals surface area contributed by atoms with E-state index < -0.39 is 23.6 Å². The predicted octanol–water partition coefficient (Wildman–Crippen LogP) is 2.72. The Balaban J connectivity index is 2.93.